The normalized spacial score (nSPS) is 17.4. The van der Waals surface area contributed by atoms with E-state index in [1.807, 2.05) is 35.2 Å². The van der Waals surface area contributed by atoms with E-state index < -0.39 is 0 Å². The topological polar surface area (TPSA) is 49.0 Å². The highest BCUT2D eigenvalue weighted by Gasteiger charge is 2.32. The lowest BCUT2D eigenvalue weighted by Gasteiger charge is -2.23. The highest BCUT2D eigenvalue weighted by atomic mass is 35.5. The first kappa shape index (κ1) is 16.4. The molecule has 128 valence electrons. The van der Waals surface area contributed by atoms with Gasteiger partial charge >= 0.3 is 0 Å². The first-order valence-corrected chi connectivity index (χ1v) is 9.05. The Hall–Kier alpha value is -2.04. The van der Waals surface area contributed by atoms with Crippen LogP contribution in [0.15, 0.2) is 42.5 Å². The molecule has 1 aliphatic heterocycles. The largest absolute Gasteiger partial charge is 0.340 e. The summed E-state index contributed by atoms with van der Waals surface area (Å²) in [6, 6.07) is 13.2. The minimum absolute atomic E-state index is 0.00836. The number of fused-ring (bicyclic) bond motifs is 1. The van der Waals surface area contributed by atoms with Gasteiger partial charge in [-0.15, -0.1) is 0 Å². The molecule has 1 amide bonds. The molecule has 4 rings (SSSR count). The predicted molar refractivity (Wildman–Crippen MR) is 99.9 cm³/mol. The molecule has 25 heavy (non-hydrogen) atoms. The van der Waals surface area contributed by atoms with Crippen molar-refractivity contribution in [2.24, 2.45) is 0 Å². The Morgan fingerprint density at radius 2 is 2.08 bits per heavy atom. The first-order chi connectivity index (χ1) is 12.1. The van der Waals surface area contributed by atoms with Gasteiger partial charge in [0.25, 0.3) is 0 Å². The molecule has 1 unspecified atom stereocenters. The molecule has 1 saturated heterocycles. The van der Waals surface area contributed by atoms with Gasteiger partial charge in [0.1, 0.15) is 5.82 Å². The van der Waals surface area contributed by atoms with Crippen LogP contribution in [0.2, 0.25) is 10.0 Å². The Kier molecular flexibility index (Phi) is 4.40. The maximum Gasteiger partial charge on any atom is 0.227 e. The molecule has 3 aromatic rings. The number of benzene rings is 2. The van der Waals surface area contributed by atoms with Crippen molar-refractivity contribution >= 4 is 40.1 Å². The first-order valence-electron chi connectivity index (χ1n) is 8.30. The summed E-state index contributed by atoms with van der Waals surface area (Å²) in [5.74, 6) is 0.918. The Labute approximate surface area is 155 Å². The molecule has 2 heterocycles. The third-order valence-corrected chi connectivity index (χ3v) is 5.24. The quantitative estimate of drug-likeness (QED) is 0.718. The fourth-order valence-electron chi connectivity index (χ4n) is 3.41. The molecule has 6 heteroatoms. The molecule has 0 spiro atoms. The molecule has 1 N–H and O–H groups in total. The van der Waals surface area contributed by atoms with Crippen LogP contribution >= 0.6 is 23.2 Å². The number of carbonyl (C=O) groups excluding carboxylic acids is 1. The number of likely N-dealkylation sites (tertiary alicyclic amines) is 1. The molecule has 1 aromatic heterocycles. The van der Waals surface area contributed by atoms with Crippen molar-refractivity contribution in [1.82, 2.24) is 14.9 Å². The van der Waals surface area contributed by atoms with E-state index in [1.165, 1.54) is 0 Å². The van der Waals surface area contributed by atoms with Crippen LogP contribution in [-0.2, 0) is 11.2 Å². The number of nitrogens with zero attached hydrogens (tertiary/aromatic N) is 2. The van der Waals surface area contributed by atoms with Crippen molar-refractivity contribution in [2.45, 2.75) is 25.3 Å². The van der Waals surface area contributed by atoms with Crippen molar-refractivity contribution in [3.05, 3.63) is 63.9 Å². The number of imidazole rings is 1. The smallest absolute Gasteiger partial charge is 0.227 e. The van der Waals surface area contributed by atoms with Crippen LogP contribution in [0.3, 0.4) is 0 Å². The number of amides is 1. The maximum atomic E-state index is 12.8. The minimum Gasteiger partial charge on any atom is -0.340 e. The van der Waals surface area contributed by atoms with Crippen LogP contribution in [0.25, 0.3) is 11.0 Å². The van der Waals surface area contributed by atoms with Crippen molar-refractivity contribution in [3.8, 4) is 0 Å². The van der Waals surface area contributed by atoms with E-state index in [2.05, 4.69) is 9.97 Å². The molecule has 2 aromatic carbocycles. The monoisotopic (exact) mass is 373 g/mol. The summed E-state index contributed by atoms with van der Waals surface area (Å²) in [5.41, 5.74) is 2.72. The summed E-state index contributed by atoms with van der Waals surface area (Å²) in [5, 5.41) is 1.10. The maximum absolute atomic E-state index is 12.8. The van der Waals surface area contributed by atoms with Crippen LogP contribution in [0.1, 0.15) is 30.3 Å². The van der Waals surface area contributed by atoms with Gasteiger partial charge in [-0.05, 0) is 42.7 Å². The van der Waals surface area contributed by atoms with Gasteiger partial charge in [0, 0.05) is 16.6 Å². The highest BCUT2D eigenvalue weighted by Crippen LogP contribution is 2.32. The molecule has 1 aliphatic rings. The summed E-state index contributed by atoms with van der Waals surface area (Å²) in [4.78, 5) is 22.8. The van der Waals surface area contributed by atoms with Gasteiger partial charge in [0.05, 0.1) is 23.5 Å². The van der Waals surface area contributed by atoms with Crippen LogP contribution in [0, 0.1) is 0 Å². The van der Waals surface area contributed by atoms with E-state index in [0.29, 0.717) is 10.0 Å². The molecule has 0 bridgehead atoms. The van der Waals surface area contributed by atoms with E-state index in [0.717, 1.165) is 41.8 Å². The van der Waals surface area contributed by atoms with Gasteiger partial charge in [-0.25, -0.2) is 4.98 Å². The SMILES string of the molecule is O=C(Cc1ccc(Cl)cc1Cl)N1CCCC1c1nc2ccccc2[nH]1. The Balaban J connectivity index is 1.57. The summed E-state index contributed by atoms with van der Waals surface area (Å²) < 4.78 is 0. The number of hydrogen-bond donors (Lipinski definition) is 1. The van der Waals surface area contributed by atoms with Crippen LogP contribution in [0.5, 0.6) is 0 Å². The number of H-pyrrole nitrogens is 1. The van der Waals surface area contributed by atoms with Crippen molar-refractivity contribution in [2.75, 3.05) is 6.54 Å². The van der Waals surface area contributed by atoms with Crippen molar-refractivity contribution < 1.29 is 4.79 Å². The van der Waals surface area contributed by atoms with Gasteiger partial charge in [-0.3, -0.25) is 4.79 Å². The lowest BCUT2D eigenvalue weighted by Crippen LogP contribution is -2.32. The summed E-state index contributed by atoms with van der Waals surface area (Å²) >= 11 is 12.1. The predicted octanol–water partition coefficient (Wildman–Crippen LogP) is 4.78. The number of aromatic nitrogens is 2. The zero-order valence-electron chi connectivity index (χ0n) is 13.5. The second kappa shape index (κ2) is 6.70. The van der Waals surface area contributed by atoms with Gasteiger partial charge in [-0.1, -0.05) is 41.4 Å². The van der Waals surface area contributed by atoms with Gasteiger partial charge < -0.3 is 9.88 Å². The number of hydrogen-bond acceptors (Lipinski definition) is 2. The fraction of sp³-hybridized carbons (Fsp3) is 0.263. The number of para-hydroxylation sites is 2. The van der Waals surface area contributed by atoms with Crippen LogP contribution in [0.4, 0.5) is 0 Å². The molecular formula is C19H17Cl2N3O. The lowest BCUT2D eigenvalue weighted by molar-refractivity contribution is -0.131. The zero-order valence-corrected chi connectivity index (χ0v) is 15.0. The van der Waals surface area contributed by atoms with Gasteiger partial charge in [-0.2, -0.15) is 0 Å². The molecule has 1 fully saturated rings. The van der Waals surface area contributed by atoms with Gasteiger partial charge in [0.15, 0.2) is 0 Å². The standard InChI is InChI=1S/C19H17Cl2N3O/c20-13-8-7-12(14(21)11-13)10-18(25)24-9-3-6-17(24)19-22-15-4-1-2-5-16(15)23-19/h1-2,4-5,7-8,11,17H,3,6,9-10H2,(H,22,23). The Bertz CT molecular complexity index is 904. The number of carbonyl (C=O) groups is 1. The van der Waals surface area contributed by atoms with E-state index >= 15 is 0 Å². The fourth-order valence-corrected chi connectivity index (χ4v) is 3.88. The third kappa shape index (κ3) is 3.24. The second-order valence-electron chi connectivity index (χ2n) is 6.30. The number of rotatable bonds is 3. The van der Waals surface area contributed by atoms with E-state index in [-0.39, 0.29) is 18.4 Å². The van der Waals surface area contributed by atoms with Crippen LogP contribution in [-0.4, -0.2) is 27.3 Å². The molecule has 0 radical (unpaired) electrons. The number of aromatic amines is 1. The third-order valence-electron chi connectivity index (χ3n) is 4.65. The Morgan fingerprint density at radius 1 is 1.24 bits per heavy atom. The van der Waals surface area contributed by atoms with E-state index in [9.17, 15) is 4.79 Å². The molecule has 0 saturated carbocycles. The second-order valence-corrected chi connectivity index (χ2v) is 7.14. The lowest BCUT2D eigenvalue weighted by atomic mass is 10.1. The Morgan fingerprint density at radius 3 is 2.88 bits per heavy atom. The van der Waals surface area contributed by atoms with Crippen molar-refractivity contribution in [1.29, 1.82) is 0 Å². The highest BCUT2D eigenvalue weighted by molar-refractivity contribution is 6.35. The van der Waals surface area contributed by atoms with Crippen LogP contribution < -0.4 is 0 Å². The van der Waals surface area contributed by atoms with Gasteiger partial charge in [0.2, 0.25) is 5.91 Å². The van der Waals surface area contributed by atoms with E-state index in [1.54, 1.807) is 12.1 Å². The molecule has 0 aliphatic carbocycles. The summed E-state index contributed by atoms with van der Waals surface area (Å²) in [6.07, 6.45) is 2.16. The van der Waals surface area contributed by atoms with E-state index in [4.69, 9.17) is 23.2 Å². The molecular weight excluding hydrogens is 357 g/mol. The summed E-state index contributed by atoms with van der Waals surface area (Å²) in [6.45, 7) is 0.742. The zero-order chi connectivity index (χ0) is 17.4. The average Bonchev–Trinajstić information content (AvgIpc) is 3.23. The summed E-state index contributed by atoms with van der Waals surface area (Å²) in [7, 11) is 0. The number of nitrogens with one attached hydrogen (secondary N) is 1. The molecule has 4 nitrogen and oxygen atoms in total. The minimum atomic E-state index is -0.00836. The number of halogens is 2. The molecule has 1 atom stereocenters. The van der Waals surface area contributed by atoms with Crippen molar-refractivity contribution in [3.63, 3.8) is 0 Å². The average molecular weight is 374 g/mol.